The highest BCUT2D eigenvalue weighted by molar-refractivity contribution is 7.15. The number of hydrogen-bond acceptors (Lipinski definition) is 9. The van der Waals surface area contributed by atoms with Crippen molar-refractivity contribution in [1.82, 2.24) is 29.9 Å². The summed E-state index contributed by atoms with van der Waals surface area (Å²) >= 11 is 4.83. The van der Waals surface area contributed by atoms with Crippen LogP contribution in [0.25, 0.3) is 0 Å². The Morgan fingerprint density at radius 3 is 2.63 bits per heavy atom. The Hall–Kier alpha value is -2.17. The van der Waals surface area contributed by atoms with E-state index in [9.17, 15) is 0 Å². The molecule has 27 heavy (non-hydrogen) atoms. The van der Waals surface area contributed by atoms with Gasteiger partial charge in [-0.25, -0.2) is 9.97 Å². The summed E-state index contributed by atoms with van der Waals surface area (Å²) < 4.78 is 1.86. The number of hydrogen-bond donors (Lipinski definition) is 1. The van der Waals surface area contributed by atoms with Crippen LogP contribution in [0.5, 0.6) is 0 Å². The summed E-state index contributed by atoms with van der Waals surface area (Å²) in [5.74, 6) is 0.743. The molecule has 0 fully saturated rings. The Morgan fingerprint density at radius 2 is 1.93 bits per heavy atom. The monoisotopic (exact) mass is 417 g/mol. The van der Waals surface area contributed by atoms with Crippen LogP contribution in [-0.2, 0) is 12.0 Å². The molecule has 4 heterocycles. The number of nitrogens with zero attached hydrogens (tertiary/aromatic N) is 6. The zero-order valence-corrected chi connectivity index (χ0v) is 17.9. The third-order valence-electron chi connectivity index (χ3n) is 3.98. The lowest BCUT2D eigenvalue weighted by Crippen LogP contribution is -2.18. The maximum absolute atomic E-state index is 4.61. The van der Waals surface area contributed by atoms with Gasteiger partial charge < -0.3 is 5.32 Å². The Labute approximate surface area is 169 Å². The van der Waals surface area contributed by atoms with E-state index in [2.05, 4.69) is 55.2 Å². The van der Waals surface area contributed by atoms with Gasteiger partial charge in [0, 0.05) is 28.7 Å². The van der Waals surface area contributed by atoms with E-state index in [1.165, 1.54) is 11.3 Å². The second-order valence-electron chi connectivity index (χ2n) is 6.71. The molecule has 0 aliphatic carbocycles. The molecule has 0 aromatic carbocycles. The summed E-state index contributed by atoms with van der Waals surface area (Å²) in [7, 11) is 0. The van der Waals surface area contributed by atoms with Crippen LogP contribution in [-0.4, -0.2) is 29.9 Å². The normalized spacial score (nSPS) is 11.9. The molecule has 1 N–H and O–H groups in total. The van der Waals surface area contributed by atoms with E-state index in [1.807, 2.05) is 30.8 Å². The second kappa shape index (κ2) is 7.10. The Balaban J connectivity index is 1.46. The lowest BCUT2D eigenvalue weighted by molar-refractivity contribution is 0.619. The van der Waals surface area contributed by atoms with Crippen molar-refractivity contribution in [2.45, 2.75) is 39.7 Å². The molecule has 4 rings (SSSR count). The molecule has 4 aromatic heterocycles. The quantitative estimate of drug-likeness (QED) is 0.501. The number of nitrogens with one attached hydrogen (secondary N) is 1. The maximum Gasteiger partial charge on any atom is 0.211 e. The van der Waals surface area contributed by atoms with E-state index in [4.69, 9.17) is 0 Å². The first-order chi connectivity index (χ1) is 12.9. The molecule has 0 spiro atoms. The molecule has 0 aliphatic heterocycles. The van der Waals surface area contributed by atoms with Gasteiger partial charge in [-0.05, 0) is 27.7 Å². The highest BCUT2D eigenvalue weighted by Crippen LogP contribution is 2.36. The molecule has 0 radical (unpaired) electrons. The number of aromatic nitrogens is 6. The van der Waals surface area contributed by atoms with Crippen molar-refractivity contribution >= 4 is 45.0 Å². The van der Waals surface area contributed by atoms with Gasteiger partial charge in [-0.15, -0.1) is 32.9 Å². The lowest BCUT2D eigenvalue weighted by Gasteiger charge is -2.17. The van der Waals surface area contributed by atoms with E-state index in [0.29, 0.717) is 6.54 Å². The predicted octanol–water partition coefficient (Wildman–Crippen LogP) is 4.38. The highest BCUT2D eigenvalue weighted by Gasteiger charge is 2.30. The Morgan fingerprint density at radius 1 is 1.07 bits per heavy atom. The van der Waals surface area contributed by atoms with Gasteiger partial charge in [0.15, 0.2) is 5.82 Å². The average molecular weight is 418 g/mol. The molecule has 0 unspecified atom stereocenters. The van der Waals surface area contributed by atoms with Crippen LogP contribution in [0.4, 0.5) is 10.9 Å². The standard InChI is InChI=1S/C17H19N7S3/c1-10-8-26-14(18-10)17(3,4)15-21-22-16(27-15)20-13-5-6-24(23-13)7-12-9-25-11(2)19-12/h5-6,8-9H,7H2,1-4H3,(H,20,22,23). The SMILES string of the molecule is Cc1csc(C(C)(C)c2nnc(Nc3ccn(Cc4csc(C)n4)n3)s2)n1. The molecule has 4 aromatic rings. The first-order valence-corrected chi connectivity index (χ1v) is 11.0. The molecular formula is C17H19N7S3. The van der Waals surface area contributed by atoms with Gasteiger partial charge >= 0.3 is 0 Å². The summed E-state index contributed by atoms with van der Waals surface area (Å²) in [6, 6.07) is 1.93. The first kappa shape index (κ1) is 18.2. The van der Waals surface area contributed by atoms with Crippen molar-refractivity contribution in [2.75, 3.05) is 5.32 Å². The Kier molecular flexibility index (Phi) is 4.79. The molecule has 0 aliphatic rings. The van der Waals surface area contributed by atoms with Gasteiger partial charge in [-0.3, -0.25) is 4.68 Å². The molecular weight excluding hydrogens is 398 g/mol. The smallest absolute Gasteiger partial charge is 0.211 e. The number of anilines is 2. The van der Waals surface area contributed by atoms with E-state index in [1.54, 1.807) is 22.7 Å². The van der Waals surface area contributed by atoms with Crippen molar-refractivity contribution in [3.05, 3.63) is 49.4 Å². The van der Waals surface area contributed by atoms with E-state index in [0.717, 1.165) is 37.4 Å². The molecule has 0 atom stereocenters. The average Bonchev–Trinajstić information content (AvgIpc) is 3.38. The molecule has 140 valence electrons. The van der Waals surface area contributed by atoms with Crippen LogP contribution in [0.3, 0.4) is 0 Å². The molecule has 7 nitrogen and oxygen atoms in total. The molecule has 0 amide bonds. The van der Waals surface area contributed by atoms with Gasteiger partial charge in [0.25, 0.3) is 0 Å². The first-order valence-electron chi connectivity index (χ1n) is 8.38. The molecule has 0 saturated heterocycles. The van der Waals surface area contributed by atoms with Gasteiger partial charge in [-0.1, -0.05) is 11.3 Å². The van der Waals surface area contributed by atoms with Crippen molar-refractivity contribution in [1.29, 1.82) is 0 Å². The van der Waals surface area contributed by atoms with Crippen LogP contribution in [0.15, 0.2) is 23.0 Å². The highest BCUT2D eigenvalue weighted by atomic mass is 32.1. The lowest BCUT2D eigenvalue weighted by atomic mass is 9.96. The van der Waals surface area contributed by atoms with Crippen LogP contribution in [0, 0.1) is 13.8 Å². The number of aryl methyl sites for hydroxylation is 2. The largest absolute Gasteiger partial charge is 0.313 e. The van der Waals surface area contributed by atoms with E-state index in [-0.39, 0.29) is 5.41 Å². The fourth-order valence-corrected chi connectivity index (χ4v) is 4.98. The predicted molar refractivity (Wildman–Crippen MR) is 110 cm³/mol. The topological polar surface area (TPSA) is 81.4 Å². The minimum Gasteiger partial charge on any atom is -0.313 e. The van der Waals surface area contributed by atoms with Gasteiger partial charge in [0.05, 0.1) is 22.7 Å². The van der Waals surface area contributed by atoms with Crippen molar-refractivity contribution in [3.8, 4) is 0 Å². The van der Waals surface area contributed by atoms with E-state index < -0.39 is 0 Å². The van der Waals surface area contributed by atoms with E-state index >= 15 is 0 Å². The Bertz CT molecular complexity index is 1060. The molecule has 0 bridgehead atoms. The zero-order valence-electron chi connectivity index (χ0n) is 15.4. The van der Waals surface area contributed by atoms with Crippen LogP contribution >= 0.6 is 34.0 Å². The fourth-order valence-electron chi connectivity index (χ4n) is 2.53. The molecule has 10 heteroatoms. The number of rotatable bonds is 6. The minimum atomic E-state index is -0.266. The summed E-state index contributed by atoms with van der Waals surface area (Å²) in [6.07, 6.45) is 1.93. The van der Waals surface area contributed by atoms with Gasteiger partial charge in [0.1, 0.15) is 10.0 Å². The van der Waals surface area contributed by atoms with Gasteiger partial charge in [-0.2, -0.15) is 5.10 Å². The third kappa shape index (κ3) is 3.92. The summed E-state index contributed by atoms with van der Waals surface area (Å²) in [5, 5.41) is 24.3. The zero-order chi connectivity index (χ0) is 19.0. The van der Waals surface area contributed by atoms with Crippen LogP contribution in [0.1, 0.15) is 40.3 Å². The van der Waals surface area contributed by atoms with Crippen molar-refractivity contribution in [2.24, 2.45) is 0 Å². The third-order valence-corrected chi connectivity index (χ3v) is 7.25. The summed E-state index contributed by atoms with van der Waals surface area (Å²) in [5.41, 5.74) is 1.79. The number of thiazole rings is 2. The van der Waals surface area contributed by atoms with Crippen LogP contribution in [0.2, 0.25) is 0 Å². The maximum atomic E-state index is 4.61. The van der Waals surface area contributed by atoms with Crippen LogP contribution < -0.4 is 5.32 Å². The van der Waals surface area contributed by atoms with Gasteiger partial charge in [0.2, 0.25) is 5.13 Å². The summed E-state index contributed by atoms with van der Waals surface area (Å²) in [6.45, 7) is 8.92. The minimum absolute atomic E-state index is 0.266. The second-order valence-corrected chi connectivity index (χ2v) is 9.61. The summed E-state index contributed by atoms with van der Waals surface area (Å²) in [4.78, 5) is 9.09. The fraction of sp³-hybridized carbons (Fsp3) is 0.353. The van der Waals surface area contributed by atoms with Crippen molar-refractivity contribution < 1.29 is 0 Å². The van der Waals surface area contributed by atoms with Crippen molar-refractivity contribution in [3.63, 3.8) is 0 Å². The molecule has 0 saturated carbocycles.